The Bertz CT molecular complexity index is 624. The van der Waals surface area contributed by atoms with Crippen LogP contribution in [0.1, 0.15) is 5.56 Å². The van der Waals surface area contributed by atoms with Crippen molar-refractivity contribution >= 4 is 6.08 Å². The fourth-order valence-corrected chi connectivity index (χ4v) is 2.08. The fourth-order valence-electron chi connectivity index (χ4n) is 2.08. The van der Waals surface area contributed by atoms with E-state index in [1.807, 2.05) is 30.3 Å². The van der Waals surface area contributed by atoms with Gasteiger partial charge in [-0.3, -0.25) is 0 Å². The number of hydrogen-bond donors (Lipinski definition) is 1. The highest BCUT2D eigenvalue weighted by Crippen LogP contribution is 2.20. The van der Waals surface area contributed by atoms with E-state index < -0.39 is 0 Å². The summed E-state index contributed by atoms with van der Waals surface area (Å²) in [5, 5.41) is 0. The third kappa shape index (κ3) is 2.83. The molecule has 1 aromatic carbocycles. The van der Waals surface area contributed by atoms with E-state index in [0.29, 0.717) is 0 Å². The predicted octanol–water partition coefficient (Wildman–Crippen LogP) is 3.38. The minimum Gasteiger partial charge on any atom is -0.382 e. The second kappa shape index (κ2) is 5.97. The molecule has 0 amide bonds. The molecule has 0 bridgehead atoms. The van der Waals surface area contributed by atoms with Crippen molar-refractivity contribution in [1.29, 1.82) is 0 Å². The van der Waals surface area contributed by atoms with Gasteiger partial charge in [-0.15, -0.1) is 0 Å². The molecule has 3 aliphatic heterocycles. The Morgan fingerprint density at radius 3 is 2.90 bits per heavy atom. The van der Waals surface area contributed by atoms with Gasteiger partial charge in [-0.1, -0.05) is 36.4 Å². The molecule has 0 atom stereocenters. The van der Waals surface area contributed by atoms with E-state index in [-0.39, 0.29) is 0 Å². The zero-order valence-corrected chi connectivity index (χ0v) is 11.1. The highest BCUT2D eigenvalue weighted by molar-refractivity contribution is 5.57. The summed E-state index contributed by atoms with van der Waals surface area (Å²) in [4.78, 5) is 7.29. The Hall–Kier alpha value is -2.68. The molecule has 1 N–H and O–H groups in total. The van der Waals surface area contributed by atoms with Gasteiger partial charge >= 0.3 is 0 Å². The van der Waals surface area contributed by atoms with E-state index in [2.05, 4.69) is 53.0 Å². The number of allylic oxidation sites excluding steroid dienone is 5. The lowest BCUT2D eigenvalue weighted by Gasteiger charge is -2.23. The fraction of sp³-hybridized carbons (Fsp3) is 0.0588. The lowest BCUT2D eigenvalue weighted by molar-refractivity contribution is 0.239. The zero-order chi connectivity index (χ0) is 13.6. The quantitative estimate of drug-likeness (QED) is 0.777. The maximum absolute atomic E-state index is 5.09. The average molecular weight is 264 g/mol. The van der Waals surface area contributed by atoms with Gasteiger partial charge in [-0.2, -0.15) is 0 Å². The standard InChI is InChI=1S/C9H9N.C8H7NO/c1-3-7-10-8-4-2-6-9(10)5-1;1-2-4-8-7(3-1)5-6-9-10-8/h1-7H,8H2;1-6,9H. The van der Waals surface area contributed by atoms with Gasteiger partial charge in [0.05, 0.1) is 0 Å². The highest BCUT2D eigenvalue weighted by Gasteiger charge is 2.05. The molecule has 0 aliphatic carbocycles. The van der Waals surface area contributed by atoms with Crippen LogP contribution in [0.2, 0.25) is 0 Å². The van der Waals surface area contributed by atoms with Crippen LogP contribution in [0.25, 0.3) is 6.08 Å². The number of nitrogens with one attached hydrogen (secondary N) is 1. The minimum atomic E-state index is 0.880. The summed E-state index contributed by atoms with van der Waals surface area (Å²) in [6.45, 7) is 1.01. The van der Waals surface area contributed by atoms with Crippen LogP contribution in [-0.4, -0.2) is 11.4 Å². The van der Waals surface area contributed by atoms with Crippen molar-refractivity contribution in [2.24, 2.45) is 0 Å². The number of benzene rings is 1. The van der Waals surface area contributed by atoms with Crippen molar-refractivity contribution in [2.45, 2.75) is 0 Å². The van der Waals surface area contributed by atoms with E-state index in [9.17, 15) is 0 Å². The van der Waals surface area contributed by atoms with Crippen LogP contribution in [0.5, 0.6) is 5.75 Å². The van der Waals surface area contributed by atoms with Crippen LogP contribution < -0.4 is 10.3 Å². The number of fused-ring (bicyclic) bond motifs is 2. The largest absolute Gasteiger partial charge is 0.382 e. The Balaban J connectivity index is 0.000000121. The Kier molecular flexibility index (Phi) is 3.69. The van der Waals surface area contributed by atoms with E-state index in [0.717, 1.165) is 17.9 Å². The zero-order valence-electron chi connectivity index (χ0n) is 11.1. The average Bonchev–Trinajstić information content (AvgIpc) is 2.56. The molecule has 0 fully saturated rings. The van der Waals surface area contributed by atoms with Crippen molar-refractivity contribution in [3.63, 3.8) is 0 Å². The molecule has 0 unspecified atom stereocenters. The molecular weight excluding hydrogens is 248 g/mol. The summed E-state index contributed by atoms with van der Waals surface area (Å²) in [5.74, 6) is 0.880. The van der Waals surface area contributed by atoms with E-state index in [1.165, 1.54) is 5.70 Å². The molecule has 3 heteroatoms. The van der Waals surface area contributed by atoms with E-state index in [1.54, 1.807) is 6.20 Å². The molecule has 100 valence electrons. The summed E-state index contributed by atoms with van der Waals surface area (Å²) in [6.07, 6.45) is 18.4. The number of para-hydroxylation sites is 1. The second-order valence-electron chi connectivity index (χ2n) is 4.46. The molecule has 3 aliphatic rings. The van der Waals surface area contributed by atoms with Crippen LogP contribution in [0.4, 0.5) is 0 Å². The normalized spacial score (nSPS) is 17.0. The molecule has 0 spiro atoms. The van der Waals surface area contributed by atoms with Gasteiger partial charge in [0.2, 0.25) is 0 Å². The molecule has 0 saturated heterocycles. The summed E-state index contributed by atoms with van der Waals surface area (Å²) < 4.78 is 0. The van der Waals surface area contributed by atoms with Gasteiger partial charge < -0.3 is 9.74 Å². The molecule has 0 saturated carbocycles. The van der Waals surface area contributed by atoms with Gasteiger partial charge in [0.25, 0.3) is 0 Å². The van der Waals surface area contributed by atoms with Crippen LogP contribution in [0.15, 0.2) is 78.8 Å². The Morgan fingerprint density at radius 1 is 1.05 bits per heavy atom. The first-order chi connectivity index (χ1) is 9.93. The molecule has 20 heavy (non-hydrogen) atoms. The minimum absolute atomic E-state index is 0.880. The van der Waals surface area contributed by atoms with Gasteiger partial charge in [-0.05, 0) is 30.4 Å². The third-order valence-electron chi connectivity index (χ3n) is 3.10. The monoisotopic (exact) mass is 264 g/mol. The Labute approximate surface area is 118 Å². The molecule has 0 radical (unpaired) electrons. The van der Waals surface area contributed by atoms with Gasteiger partial charge in [0, 0.05) is 30.2 Å². The smallest absolute Gasteiger partial charge is 0.162 e. The Morgan fingerprint density at radius 2 is 2.00 bits per heavy atom. The van der Waals surface area contributed by atoms with Crippen molar-refractivity contribution in [2.75, 3.05) is 6.54 Å². The van der Waals surface area contributed by atoms with Crippen LogP contribution in [-0.2, 0) is 0 Å². The molecule has 0 aromatic heterocycles. The van der Waals surface area contributed by atoms with E-state index >= 15 is 0 Å². The number of hydrogen-bond acceptors (Lipinski definition) is 3. The number of nitrogens with zero attached hydrogens (tertiary/aromatic N) is 1. The van der Waals surface area contributed by atoms with E-state index in [4.69, 9.17) is 4.84 Å². The molecule has 3 nitrogen and oxygen atoms in total. The molecule has 4 rings (SSSR count). The molecule has 1 aromatic rings. The van der Waals surface area contributed by atoms with Crippen LogP contribution in [0.3, 0.4) is 0 Å². The first-order valence-electron chi connectivity index (χ1n) is 6.60. The van der Waals surface area contributed by atoms with Crippen molar-refractivity contribution in [3.8, 4) is 5.75 Å². The highest BCUT2D eigenvalue weighted by atomic mass is 16.6. The molecule has 3 heterocycles. The van der Waals surface area contributed by atoms with Crippen LogP contribution in [0, 0.1) is 0 Å². The maximum atomic E-state index is 5.09. The summed E-state index contributed by atoms with van der Waals surface area (Å²) in [6, 6.07) is 7.86. The third-order valence-corrected chi connectivity index (χ3v) is 3.10. The first-order valence-corrected chi connectivity index (χ1v) is 6.60. The number of hydroxylamine groups is 1. The van der Waals surface area contributed by atoms with Crippen LogP contribution >= 0.6 is 0 Å². The predicted molar refractivity (Wildman–Crippen MR) is 81.4 cm³/mol. The molecular formula is C17H16N2O. The van der Waals surface area contributed by atoms with Crippen molar-refractivity contribution in [3.05, 3.63) is 84.4 Å². The first kappa shape index (κ1) is 12.4. The van der Waals surface area contributed by atoms with Gasteiger partial charge in [-0.25, -0.2) is 5.48 Å². The lowest BCUT2D eigenvalue weighted by atomic mass is 10.2. The SMILES string of the molecule is C1=CCN2C=CC=CC2=C1.C1=Cc2ccccc2ON1. The maximum Gasteiger partial charge on any atom is 0.162 e. The number of rotatable bonds is 0. The van der Waals surface area contributed by atoms with Crippen molar-refractivity contribution < 1.29 is 4.84 Å². The van der Waals surface area contributed by atoms with Gasteiger partial charge in [0.1, 0.15) is 0 Å². The van der Waals surface area contributed by atoms with Gasteiger partial charge in [0.15, 0.2) is 5.75 Å². The summed E-state index contributed by atoms with van der Waals surface area (Å²) >= 11 is 0. The second-order valence-corrected chi connectivity index (χ2v) is 4.46. The summed E-state index contributed by atoms with van der Waals surface area (Å²) in [7, 11) is 0. The topological polar surface area (TPSA) is 24.5 Å². The van der Waals surface area contributed by atoms with Crippen molar-refractivity contribution in [1.82, 2.24) is 10.4 Å². The lowest BCUT2D eigenvalue weighted by Crippen LogP contribution is -2.18. The summed E-state index contributed by atoms with van der Waals surface area (Å²) in [5.41, 5.74) is 5.06.